The summed E-state index contributed by atoms with van der Waals surface area (Å²) >= 11 is 0. The lowest BCUT2D eigenvalue weighted by atomic mass is 9.99. The van der Waals surface area contributed by atoms with Crippen LogP contribution in [0.3, 0.4) is 0 Å². The van der Waals surface area contributed by atoms with Crippen molar-refractivity contribution in [2.24, 2.45) is 0 Å². The van der Waals surface area contributed by atoms with Gasteiger partial charge in [0.25, 0.3) is 11.8 Å². The van der Waals surface area contributed by atoms with Crippen LogP contribution in [-0.2, 0) is 4.79 Å². The van der Waals surface area contributed by atoms with Crippen LogP contribution in [0.25, 0.3) is 0 Å². The van der Waals surface area contributed by atoms with E-state index in [1.165, 1.54) is 12.7 Å². The summed E-state index contributed by atoms with van der Waals surface area (Å²) in [5, 5.41) is 0. The van der Waals surface area contributed by atoms with Gasteiger partial charge in [0.15, 0.2) is 6.61 Å². The molecule has 0 aliphatic heterocycles. The van der Waals surface area contributed by atoms with Crippen LogP contribution >= 0.6 is 0 Å². The number of hydrogen-bond acceptors (Lipinski definition) is 4. The largest absolute Gasteiger partial charge is 0.496 e. The number of carbonyl (C=O) groups excluding carboxylic acids is 2. The van der Waals surface area contributed by atoms with E-state index in [1.54, 1.807) is 24.3 Å². The zero-order chi connectivity index (χ0) is 18.9. The maximum Gasteiger partial charge on any atom is 0.276 e. The summed E-state index contributed by atoms with van der Waals surface area (Å²) in [6.45, 7) is 4.10. The van der Waals surface area contributed by atoms with E-state index in [1.807, 2.05) is 24.3 Å². The maximum absolute atomic E-state index is 12.1. The second kappa shape index (κ2) is 9.46. The molecular formula is C20H24N2O4. The first-order chi connectivity index (χ1) is 12.5. The van der Waals surface area contributed by atoms with Crippen molar-refractivity contribution in [1.29, 1.82) is 0 Å². The molecule has 1 unspecified atom stereocenters. The van der Waals surface area contributed by atoms with E-state index in [-0.39, 0.29) is 6.61 Å². The third-order valence-corrected chi connectivity index (χ3v) is 4.10. The van der Waals surface area contributed by atoms with Crippen LogP contribution < -0.4 is 20.3 Å². The summed E-state index contributed by atoms with van der Waals surface area (Å²) in [7, 11) is 1.48. The van der Waals surface area contributed by atoms with E-state index in [9.17, 15) is 9.59 Å². The Balaban J connectivity index is 1.81. The third-order valence-electron chi connectivity index (χ3n) is 4.10. The number of ether oxygens (including phenoxy) is 2. The summed E-state index contributed by atoms with van der Waals surface area (Å²) in [5.74, 6) is 0.589. The van der Waals surface area contributed by atoms with Gasteiger partial charge in [0.05, 0.1) is 12.7 Å². The van der Waals surface area contributed by atoms with E-state index in [4.69, 9.17) is 9.47 Å². The molecule has 2 N–H and O–H groups in total. The number of carbonyl (C=O) groups is 2. The summed E-state index contributed by atoms with van der Waals surface area (Å²) in [5.41, 5.74) is 6.23. The van der Waals surface area contributed by atoms with Crippen LogP contribution in [-0.4, -0.2) is 25.5 Å². The minimum Gasteiger partial charge on any atom is -0.496 e. The molecule has 0 aromatic heterocycles. The topological polar surface area (TPSA) is 76.7 Å². The van der Waals surface area contributed by atoms with Crippen LogP contribution in [0.5, 0.6) is 11.5 Å². The van der Waals surface area contributed by atoms with Crippen molar-refractivity contribution in [3.05, 3.63) is 59.7 Å². The Kier molecular flexibility index (Phi) is 7.02. The van der Waals surface area contributed by atoms with Crippen molar-refractivity contribution in [1.82, 2.24) is 10.9 Å². The molecule has 0 aliphatic carbocycles. The highest BCUT2D eigenvalue weighted by Gasteiger charge is 2.12. The first-order valence-electron chi connectivity index (χ1n) is 8.50. The van der Waals surface area contributed by atoms with Gasteiger partial charge >= 0.3 is 0 Å². The van der Waals surface area contributed by atoms with Crippen molar-refractivity contribution in [2.75, 3.05) is 13.7 Å². The molecule has 6 nitrogen and oxygen atoms in total. The predicted molar refractivity (Wildman–Crippen MR) is 99.2 cm³/mol. The zero-order valence-corrected chi connectivity index (χ0v) is 15.2. The van der Waals surface area contributed by atoms with Crippen molar-refractivity contribution in [3.8, 4) is 11.5 Å². The lowest BCUT2D eigenvalue weighted by Gasteiger charge is -2.12. The smallest absolute Gasteiger partial charge is 0.276 e. The lowest BCUT2D eigenvalue weighted by Crippen LogP contribution is -2.43. The Morgan fingerprint density at radius 3 is 2.38 bits per heavy atom. The average Bonchev–Trinajstić information content (AvgIpc) is 2.70. The van der Waals surface area contributed by atoms with Crippen LogP contribution in [0.1, 0.15) is 42.1 Å². The first kappa shape index (κ1) is 19.3. The molecule has 0 heterocycles. The SMILES string of the molecule is CCC(C)c1ccc(OCC(=O)NNC(=O)c2ccccc2OC)cc1. The molecule has 0 fully saturated rings. The van der Waals surface area contributed by atoms with E-state index in [0.717, 1.165) is 6.42 Å². The van der Waals surface area contributed by atoms with Crippen molar-refractivity contribution in [3.63, 3.8) is 0 Å². The monoisotopic (exact) mass is 356 g/mol. The van der Waals surface area contributed by atoms with E-state index < -0.39 is 11.8 Å². The first-order valence-corrected chi connectivity index (χ1v) is 8.50. The molecule has 0 bridgehead atoms. The van der Waals surface area contributed by atoms with Crippen molar-refractivity contribution < 1.29 is 19.1 Å². The van der Waals surface area contributed by atoms with Gasteiger partial charge in [-0.2, -0.15) is 0 Å². The number of benzene rings is 2. The van der Waals surface area contributed by atoms with Gasteiger partial charge in [-0.1, -0.05) is 38.1 Å². The summed E-state index contributed by atoms with van der Waals surface area (Å²) in [6.07, 6.45) is 1.06. The van der Waals surface area contributed by atoms with Crippen molar-refractivity contribution >= 4 is 11.8 Å². The predicted octanol–water partition coefficient (Wildman–Crippen LogP) is 3.05. The normalized spacial score (nSPS) is 11.3. The highest BCUT2D eigenvalue weighted by molar-refractivity contribution is 5.97. The molecule has 138 valence electrons. The Hall–Kier alpha value is -3.02. The van der Waals surface area contributed by atoms with Crippen molar-refractivity contribution in [2.45, 2.75) is 26.2 Å². The van der Waals surface area contributed by atoms with Gasteiger partial charge in [-0.3, -0.25) is 20.4 Å². The van der Waals surface area contributed by atoms with Gasteiger partial charge in [-0.05, 0) is 42.2 Å². The Labute approximate surface area is 153 Å². The molecule has 0 saturated heterocycles. The molecule has 2 aromatic carbocycles. The number of hydrazine groups is 1. The number of amides is 2. The fraction of sp³-hybridized carbons (Fsp3) is 0.300. The van der Waals surface area contributed by atoms with E-state index in [2.05, 4.69) is 24.7 Å². The fourth-order valence-electron chi connectivity index (χ4n) is 2.34. The molecule has 2 amide bonds. The van der Waals surface area contributed by atoms with Gasteiger partial charge in [0.2, 0.25) is 0 Å². The molecule has 2 rings (SSSR count). The number of nitrogens with one attached hydrogen (secondary N) is 2. The van der Waals surface area contributed by atoms with E-state index >= 15 is 0 Å². The third kappa shape index (κ3) is 5.24. The number of para-hydroxylation sites is 1. The molecule has 1 atom stereocenters. The van der Waals surface area contributed by atoms with E-state index in [0.29, 0.717) is 23.0 Å². The maximum atomic E-state index is 12.1. The highest BCUT2D eigenvalue weighted by atomic mass is 16.5. The molecule has 0 radical (unpaired) electrons. The Morgan fingerprint density at radius 1 is 1.04 bits per heavy atom. The number of hydrogen-bond donors (Lipinski definition) is 2. The summed E-state index contributed by atoms with van der Waals surface area (Å²) in [4.78, 5) is 23.9. The molecule has 2 aromatic rings. The standard InChI is InChI=1S/C20H24N2O4/c1-4-14(2)15-9-11-16(12-10-15)26-13-19(23)21-22-20(24)17-7-5-6-8-18(17)25-3/h5-12,14H,4,13H2,1-3H3,(H,21,23)(H,22,24). The van der Waals surface area contributed by atoms with Gasteiger partial charge in [-0.15, -0.1) is 0 Å². The molecule has 6 heteroatoms. The van der Waals surface area contributed by atoms with Gasteiger partial charge in [-0.25, -0.2) is 0 Å². The van der Waals surface area contributed by atoms with Crippen LogP contribution in [0.2, 0.25) is 0 Å². The van der Waals surface area contributed by atoms with Gasteiger partial charge in [0, 0.05) is 0 Å². The zero-order valence-electron chi connectivity index (χ0n) is 15.2. The van der Waals surface area contributed by atoms with Crippen LogP contribution in [0, 0.1) is 0 Å². The average molecular weight is 356 g/mol. The second-order valence-corrected chi connectivity index (χ2v) is 5.87. The van der Waals surface area contributed by atoms with Gasteiger partial charge in [0.1, 0.15) is 11.5 Å². The van der Waals surface area contributed by atoms with Crippen LogP contribution in [0.15, 0.2) is 48.5 Å². The molecule has 0 saturated carbocycles. The minimum atomic E-state index is -0.464. The number of methoxy groups -OCH3 is 1. The van der Waals surface area contributed by atoms with Crippen LogP contribution in [0.4, 0.5) is 0 Å². The molecular weight excluding hydrogens is 332 g/mol. The Bertz CT molecular complexity index is 744. The Morgan fingerprint density at radius 2 is 1.73 bits per heavy atom. The quantitative estimate of drug-likeness (QED) is 0.748. The summed E-state index contributed by atoms with van der Waals surface area (Å²) < 4.78 is 10.5. The lowest BCUT2D eigenvalue weighted by molar-refractivity contribution is -0.123. The minimum absolute atomic E-state index is 0.200. The van der Waals surface area contributed by atoms with Gasteiger partial charge < -0.3 is 9.47 Å². The number of rotatable bonds is 7. The highest BCUT2D eigenvalue weighted by Crippen LogP contribution is 2.21. The molecule has 0 spiro atoms. The summed E-state index contributed by atoms with van der Waals surface area (Å²) in [6, 6.07) is 14.4. The molecule has 0 aliphatic rings. The fourth-order valence-corrected chi connectivity index (χ4v) is 2.34. The molecule has 26 heavy (non-hydrogen) atoms. The second-order valence-electron chi connectivity index (χ2n) is 5.87.